The summed E-state index contributed by atoms with van der Waals surface area (Å²) in [4.78, 5) is 4.38. The largest absolute Gasteiger partial charge is 0.339 e. The van der Waals surface area contributed by atoms with Crippen molar-refractivity contribution in [3.8, 4) is 11.4 Å². The predicted octanol–water partition coefficient (Wildman–Crippen LogP) is 3.09. The number of hydrogen-bond donors (Lipinski definition) is 1. The molecule has 2 N–H and O–H groups in total. The summed E-state index contributed by atoms with van der Waals surface area (Å²) < 4.78 is 6.27. The van der Waals surface area contributed by atoms with E-state index in [-0.39, 0.29) is 0 Å². The van der Waals surface area contributed by atoms with Gasteiger partial charge in [0.25, 0.3) is 0 Å². The monoisotopic (exact) mass is 309 g/mol. The molecule has 5 heteroatoms. The maximum atomic E-state index is 5.45. The van der Waals surface area contributed by atoms with E-state index in [2.05, 4.69) is 26.1 Å². The van der Waals surface area contributed by atoms with E-state index >= 15 is 0 Å². The molecule has 96 valence electrons. The Kier molecular flexibility index (Phi) is 4.49. The molecule has 4 nitrogen and oxygen atoms in total. The molecule has 2 rings (SSSR count). The molecule has 18 heavy (non-hydrogen) atoms. The second-order valence-corrected chi connectivity index (χ2v) is 5.08. The number of rotatable bonds is 5. The lowest BCUT2D eigenvalue weighted by Gasteiger charge is -1.99. The van der Waals surface area contributed by atoms with Gasteiger partial charge in [-0.05, 0) is 37.9 Å². The van der Waals surface area contributed by atoms with Crippen LogP contribution in [0.1, 0.15) is 24.3 Å². The van der Waals surface area contributed by atoms with Crippen molar-refractivity contribution in [3.05, 3.63) is 34.1 Å². The van der Waals surface area contributed by atoms with Crippen molar-refractivity contribution in [2.45, 2.75) is 26.2 Å². The molecule has 0 spiro atoms. The van der Waals surface area contributed by atoms with Gasteiger partial charge >= 0.3 is 0 Å². The fourth-order valence-corrected chi connectivity index (χ4v) is 2.00. The predicted molar refractivity (Wildman–Crippen MR) is 74.2 cm³/mol. The number of hydrogen-bond acceptors (Lipinski definition) is 4. The zero-order chi connectivity index (χ0) is 13.0. The number of nitrogens with zero attached hydrogens (tertiary/aromatic N) is 2. The first-order valence-corrected chi connectivity index (χ1v) is 6.79. The molecule has 0 fully saturated rings. The average molecular weight is 310 g/mol. The molecule has 1 aromatic heterocycles. The van der Waals surface area contributed by atoms with Crippen molar-refractivity contribution in [2.75, 3.05) is 6.54 Å². The van der Waals surface area contributed by atoms with E-state index in [4.69, 9.17) is 10.3 Å². The standard InChI is InChI=1S/C13H16BrN3O/c1-9-5-6-10(8-11(9)14)13-16-12(18-17-13)4-2-3-7-15/h5-6,8H,2-4,7,15H2,1H3. The number of aromatic nitrogens is 2. The first-order chi connectivity index (χ1) is 8.70. The highest BCUT2D eigenvalue weighted by Gasteiger charge is 2.09. The fraction of sp³-hybridized carbons (Fsp3) is 0.385. The van der Waals surface area contributed by atoms with Crippen LogP contribution in [-0.4, -0.2) is 16.7 Å². The third kappa shape index (κ3) is 3.17. The Morgan fingerprint density at radius 3 is 2.89 bits per heavy atom. The Morgan fingerprint density at radius 1 is 1.33 bits per heavy atom. The molecule has 0 aliphatic rings. The van der Waals surface area contributed by atoms with Crippen LogP contribution in [0, 0.1) is 6.92 Å². The van der Waals surface area contributed by atoms with Crippen LogP contribution in [0.3, 0.4) is 0 Å². The summed E-state index contributed by atoms with van der Waals surface area (Å²) in [7, 11) is 0. The van der Waals surface area contributed by atoms with Crippen LogP contribution in [0.5, 0.6) is 0 Å². The van der Waals surface area contributed by atoms with Gasteiger partial charge in [0.05, 0.1) is 0 Å². The van der Waals surface area contributed by atoms with Gasteiger partial charge in [-0.25, -0.2) is 0 Å². The summed E-state index contributed by atoms with van der Waals surface area (Å²) in [5.41, 5.74) is 7.59. The van der Waals surface area contributed by atoms with Crippen LogP contribution in [-0.2, 0) is 6.42 Å². The normalized spacial score (nSPS) is 10.8. The lowest BCUT2D eigenvalue weighted by atomic mass is 10.1. The van der Waals surface area contributed by atoms with E-state index in [1.165, 1.54) is 5.56 Å². The Hall–Kier alpha value is -1.20. The van der Waals surface area contributed by atoms with Gasteiger partial charge in [-0.2, -0.15) is 4.98 Å². The summed E-state index contributed by atoms with van der Waals surface area (Å²) >= 11 is 3.50. The highest BCUT2D eigenvalue weighted by atomic mass is 79.9. The van der Waals surface area contributed by atoms with Crippen molar-refractivity contribution in [1.82, 2.24) is 10.1 Å². The number of aryl methyl sites for hydroxylation is 2. The van der Waals surface area contributed by atoms with Crippen molar-refractivity contribution < 1.29 is 4.52 Å². The second-order valence-electron chi connectivity index (χ2n) is 4.22. The van der Waals surface area contributed by atoms with Gasteiger partial charge in [-0.15, -0.1) is 0 Å². The Morgan fingerprint density at radius 2 is 2.17 bits per heavy atom. The maximum Gasteiger partial charge on any atom is 0.226 e. The van der Waals surface area contributed by atoms with Crippen LogP contribution >= 0.6 is 15.9 Å². The Bertz CT molecular complexity index is 525. The fourth-order valence-electron chi connectivity index (χ4n) is 1.63. The molecule has 0 radical (unpaired) electrons. The molecule has 0 aliphatic heterocycles. The molecule has 0 amide bonds. The van der Waals surface area contributed by atoms with Crippen molar-refractivity contribution >= 4 is 15.9 Å². The van der Waals surface area contributed by atoms with Crippen LogP contribution in [0.4, 0.5) is 0 Å². The zero-order valence-corrected chi connectivity index (χ0v) is 11.9. The first kappa shape index (κ1) is 13.2. The summed E-state index contributed by atoms with van der Waals surface area (Å²) in [6.45, 7) is 2.74. The minimum Gasteiger partial charge on any atom is -0.339 e. The first-order valence-electron chi connectivity index (χ1n) is 6.00. The quantitative estimate of drug-likeness (QED) is 0.862. The Balaban J connectivity index is 2.11. The van der Waals surface area contributed by atoms with E-state index in [0.717, 1.165) is 29.3 Å². The van der Waals surface area contributed by atoms with Gasteiger partial charge < -0.3 is 10.3 Å². The number of benzene rings is 1. The van der Waals surface area contributed by atoms with Gasteiger partial charge in [0.15, 0.2) is 0 Å². The lowest BCUT2D eigenvalue weighted by molar-refractivity contribution is 0.375. The number of unbranched alkanes of at least 4 members (excludes halogenated alkanes) is 1. The molecular weight excluding hydrogens is 294 g/mol. The number of nitrogens with two attached hydrogens (primary N) is 1. The molecule has 0 saturated heterocycles. The maximum absolute atomic E-state index is 5.45. The molecule has 2 aromatic rings. The number of halogens is 1. The SMILES string of the molecule is Cc1ccc(-c2noc(CCCCN)n2)cc1Br. The van der Waals surface area contributed by atoms with Gasteiger partial charge in [-0.3, -0.25) is 0 Å². The molecule has 1 heterocycles. The third-order valence-corrected chi connectivity index (χ3v) is 3.60. The van der Waals surface area contributed by atoms with Crippen LogP contribution in [0.2, 0.25) is 0 Å². The van der Waals surface area contributed by atoms with Gasteiger partial charge in [0.1, 0.15) is 0 Å². The van der Waals surface area contributed by atoms with Crippen molar-refractivity contribution in [1.29, 1.82) is 0 Å². The Labute approximate surface area is 115 Å². The van der Waals surface area contributed by atoms with E-state index in [0.29, 0.717) is 18.3 Å². The summed E-state index contributed by atoms with van der Waals surface area (Å²) in [6.07, 6.45) is 2.75. The average Bonchev–Trinajstić information content (AvgIpc) is 2.82. The molecule has 0 saturated carbocycles. The molecule has 0 bridgehead atoms. The molecule has 1 aromatic carbocycles. The van der Waals surface area contributed by atoms with Gasteiger partial charge in [0.2, 0.25) is 11.7 Å². The van der Waals surface area contributed by atoms with E-state index < -0.39 is 0 Å². The van der Waals surface area contributed by atoms with E-state index in [9.17, 15) is 0 Å². The van der Waals surface area contributed by atoms with Gasteiger partial charge in [-0.1, -0.05) is 33.2 Å². The summed E-state index contributed by atoms with van der Waals surface area (Å²) in [5.74, 6) is 1.31. The van der Waals surface area contributed by atoms with E-state index in [1.807, 2.05) is 25.1 Å². The molecular formula is C13H16BrN3O. The zero-order valence-electron chi connectivity index (χ0n) is 10.3. The highest BCUT2D eigenvalue weighted by molar-refractivity contribution is 9.10. The van der Waals surface area contributed by atoms with Crippen LogP contribution < -0.4 is 5.73 Å². The minimum atomic E-state index is 0.637. The molecule has 0 unspecified atom stereocenters. The van der Waals surface area contributed by atoms with Crippen molar-refractivity contribution in [3.63, 3.8) is 0 Å². The molecule has 0 aliphatic carbocycles. The van der Waals surface area contributed by atoms with E-state index in [1.54, 1.807) is 0 Å². The highest BCUT2D eigenvalue weighted by Crippen LogP contribution is 2.23. The third-order valence-electron chi connectivity index (χ3n) is 2.74. The molecule has 0 atom stereocenters. The van der Waals surface area contributed by atoms with Crippen molar-refractivity contribution in [2.24, 2.45) is 5.73 Å². The summed E-state index contributed by atoms with van der Waals surface area (Å²) in [5, 5.41) is 4.00. The van der Waals surface area contributed by atoms with Crippen LogP contribution in [0.25, 0.3) is 11.4 Å². The van der Waals surface area contributed by atoms with Crippen LogP contribution in [0.15, 0.2) is 27.2 Å². The lowest BCUT2D eigenvalue weighted by Crippen LogP contribution is -1.99. The smallest absolute Gasteiger partial charge is 0.226 e. The minimum absolute atomic E-state index is 0.637. The second kappa shape index (κ2) is 6.11. The summed E-state index contributed by atoms with van der Waals surface area (Å²) in [6, 6.07) is 6.03. The van der Waals surface area contributed by atoms with Gasteiger partial charge in [0, 0.05) is 16.5 Å². The topological polar surface area (TPSA) is 64.9 Å².